The molecule has 4 aromatic rings. The molecule has 4 N–H and O–H groups in total. The molecule has 2 unspecified atom stereocenters. The fourth-order valence-electron chi connectivity index (χ4n) is 6.71. The third kappa shape index (κ3) is 9.59. The van der Waals surface area contributed by atoms with E-state index in [1.165, 1.54) is 7.11 Å². The molecule has 0 bridgehead atoms. The first kappa shape index (κ1) is 44.8. The Morgan fingerprint density at radius 1 is 0.692 bits per heavy atom. The van der Waals surface area contributed by atoms with E-state index in [1.54, 1.807) is 66.7 Å². The fourth-order valence-corrected chi connectivity index (χ4v) is 7.15. The van der Waals surface area contributed by atoms with Crippen LogP contribution in [0.5, 0.6) is 0 Å². The zero-order chi connectivity index (χ0) is 35.7. The summed E-state index contributed by atoms with van der Waals surface area (Å²) in [6.07, 6.45) is 1.59. The Morgan fingerprint density at radius 2 is 1.08 bits per heavy atom. The molecule has 2 aliphatic rings. The van der Waals surface area contributed by atoms with Crippen molar-refractivity contribution in [1.82, 2.24) is 10.6 Å². The van der Waals surface area contributed by atoms with Crippen LogP contribution in [0.1, 0.15) is 103 Å². The van der Waals surface area contributed by atoms with Gasteiger partial charge in [0.1, 0.15) is 0 Å². The Kier molecular flexibility index (Phi) is 15.6. The number of esters is 1. The monoisotopic (exact) mass is 852 g/mol. The van der Waals surface area contributed by atoms with Gasteiger partial charge in [-0.3, -0.25) is 9.59 Å². The van der Waals surface area contributed by atoms with E-state index in [4.69, 9.17) is 27.9 Å². The maximum atomic E-state index is 12.7. The predicted molar refractivity (Wildman–Crippen MR) is 207 cm³/mol. The Morgan fingerprint density at radius 3 is 1.46 bits per heavy atom. The van der Waals surface area contributed by atoms with E-state index in [0.29, 0.717) is 26.7 Å². The molecule has 2 amide bonds. The number of hydrogen-bond acceptors (Lipinski definition) is 6. The van der Waals surface area contributed by atoms with Gasteiger partial charge in [-0.1, -0.05) is 87.3 Å². The molecular formula is C39H40Cl2ILiN2O7. The molecule has 0 saturated heterocycles. The van der Waals surface area contributed by atoms with Crippen LogP contribution in [0.2, 0.25) is 10.0 Å². The molecule has 0 radical (unpaired) electrons. The van der Waals surface area contributed by atoms with Gasteiger partial charge in [0, 0.05) is 0 Å². The van der Waals surface area contributed by atoms with Crippen molar-refractivity contribution in [2.75, 3.05) is 7.11 Å². The van der Waals surface area contributed by atoms with E-state index in [1.807, 2.05) is 18.2 Å². The molecule has 2 aliphatic carbocycles. The first-order valence-corrected chi connectivity index (χ1v) is 16.6. The number of carboxylic acids is 1. The fraction of sp³-hybridized carbons (Fsp3) is 0.282. The Bertz CT molecular complexity index is 1970. The van der Waals surface area contributed by atoms with Gasteiger partial charge in [-0.15, -0.1) is 24.0 Å². The summed E-state index contributed by atoms with van der Waals surface area (Å²) in [6, 6.07) is 24.0. The molecule has 0 aromatic heterocycles. The molecule has 9 nitrogen and oxygen atoms in total. The number of halogens is 3. The number of carbonyl (C=O) groups is 4. The Labute approximate surface area is 342 Å². The van der Waals surface area contributed by atoms with Crippen LogP contribution in [0, 0.1) is 10.8 Å². The Balaban J connectivity index is 0.000000341. The number of rotatable bonds is 6. The molecule has 0 spiro atoms. The van der Waals surface area contributed by atoms with Crippen molar-refractivity contribution in [3.8, 4) is 0 Å². The summed E-state index contributed by atoms with van der Waals surface area (Å²) in [5.74, 6) is -1.84. The van der Waals surface area contributed by atoms with E-state index in [-0.39, 0.29) is 94.6 Å². The van der Waals surface area contributed by atoms with Gasteiger partial charge in [0.15, 0.2) is 0 Å². The van der Waals surface area contributed by atoms with Crippen LogP contribution >= 0.6 is 47.2 Å². The van der Waals surface area contributed by atoms with Crippen LogP contribution in [0.3, 0.4) is 0 Å². The average molecular weight is 854 g/mol. The van der Waals surface area contributed by atoms with E-state index >= 15 is 0 Å². The second-order valence-corrected chi connectivity index (χ2v) is 14.5. The molecular weight excluding hydrogens is 813 g/mol. The van der Waals surface area contributed by atoms with Gasteiger partial charge in [-0.25, -0.2) is 9.59 Å². The summed E-state index contributed by atoms with van der Waals surface area (Å²) in [6.45, 7) is 8.32. The van der Waals surface area contributed by atoms with Crippen molar-refractivity contribution < 1.29 is 53.4 Å². The third-order valence-corrected chi connectivity index (χ3v) is 9.88. The summed E-state index contributed by atoms with van der Waals surface area (Å²) in [7, 11) is 1.36. The number of carboxylic acid groups (broad SMARTS) is 1. The van der Waals surface area contributed by atoms with Crippen LogP contribution in [-0.2, 0) is 17.6 Å². The van der Waals surface area contributed by atoms with Crippen molar-refractivity contribution in [2.24, 2.45) is 10.8 Å². The largest absolute Gasteiger partial charge is 1.00 e. The maximum absolute atomic E-state index is 12.7. The van der Waals surface area contributed by atoms with Crippen LogP contribution in [0.15, 0.2) is 84.9 Å². The van der Waals surface area contributed by atoms with Crippen LogP contribution in [0.25, 0.3) is 0 Å². The van der Waals surface area contributed by atoms with E-state index < -0.39 is 5.97 Å². The summed E-state index contributed by atoms with van der Waals surface area (Å²) in [5.41, 5.74) is 5.18. The third-order valence-electron chi connectivity index (χ3n) is 9.22. The zero-order valence-electron chi connectivity index (χ0n) is 29.8. The SMILES string of the molecule is CC1(C)Cc2ccc(C(=O)O)cc2C1NC(=O)c1ccccc1Cl.COC(=O)c1ccc2c(c1)C(NC(=O)c1ccccc1Cl)C(C)(C)C2.I.[Li+].[OH-]. The summed E-state index contributed by atoms with van der Waals surface area (Å²) in [5, 5.41) is 16.2. The molecule has 6 rings (SSSR count). The van der Waals surface area contributed by atoms with Crippen molar-refractivity contribution in [3.05, 3.63) is 139 Å². The number of carbonyl (C=O) groups excluding carboxylic acids is 3. The number of ether oxygens (including phenoxy) is 1. The van der Waals surface area contributed by atoms with E-state index in [9.17, 15) is 24.3 Å². The van der Waals surface area contributed by atoms with E-state index in [0.717, 1.165) is 35.1 Å². The van der Waals surface area contributed by atoms with Crippen molar-refractivity contribution >= 4 is 70.9 Å². The minimum atomic E-state index is -0.973. The first-order valence-electron chi connectivity index (χ1n) is 15.8. The number of hydrogen-bond donors (Lipinski definition) is 3. The normalized spacial score (nSPS) is 16.8. The van der Waals surface area contributed by atoms with Crippen LogP contribution in [0.4, 0.5) is 0 Å². The number of nitrogens with one attached hydrogen (secondary N) is 2. The molecule has 2 atom stereocenters. The molecule has 0 aliphatic heterocycles. The molecule has 0 saturated carbocycles. The zero-order valence-corrected chi connectivity index (χ0v) is 33.6. The minimum Gasteiger partial charge on any atom is -0.870 e. The number of methoxy groups -OCH3 is 1. The summed E-state index contributed by atoms with van der Waals surface area (Å²) < 4.78 is 4.81. The van der Waals surface area contributed by atoms with Gasteiger partial charge in [0.25, 0.3) is 11.8 Å². The van der Waals surface area contributed by atoms with Crippen molar-refractivity contribution in [3.63, 3.8) is 0 Å². The van der Waals surface area contributed by atoms with Crippen molar-refractivity contribution in [2.45, 2.75) is 52.6 Å². The number of fused-ring (bicyclic) bond motifs is 2. The number of aromatic carboxylic acids is 1. The predicted octanol–water partition coefficient (Wildman–Crippen LogP) is 5.72. The molecule has 0 fully saturated rings. The smallest absolute Gasteiger partial charge is 0.870 e. The number of amides is 2. The summed E-state index contributed by atoms with van der Waals surface area (Å²) in [4.78, 5) is 48.4. The molecule has 52 heavy (non-hydrogen) atoms. The average Bonchev–Trinajstić information content (AvgIpc) is 3.46. The quantitative estimate of drug-likeness (QED) is 0.128. The molecule has 270 valence electrons. The van der Waals surface area contributed by atoms with Crippen molar-refractivity contribution in [1.29, 1.82) is 0 Å². The van der Waals surface area contributed by atoms with Gasteiger partial charge in [0.05, 0.1) is 51.5 Å². The van der Waals surface area contributed by atoms with Gasteiger partial charge in [-0.05, 0) is 94.5 Å². The molecule has 4 aromatic carbocycles. The van der Waals surface area contributed by atoms with E-state index in [2.05, 4.69) is 38.3 Å². The van der Waals surface area contributed by atoms with Gasteiger partial charge in [0.2, 0.25) is 0 Å². The second-order valence-electron chi connectivity index (χ2n) is 13.7. The molecule has 0 heterocycles. The minimum absolute atomic E-state index is 0. The van der Waals surface area contributed by atoms with Gasteiger partial charge < -0.3 is 26.0 Å². The molecule has 13 heteroatoms. The first-order chi connectivity index (χ1) is 23.1. The Hall–Kier alpha value is -3.37. The van der Waals surface area contributed by atoms with Gasteiger partial charge in [-0.2, -0.15) is 0 Å². The van der Waals surface area contributed by atoms with Gasteiger partial charge >= 0.3 is 30.8 Å². The number of benzene rings is 4. The summed E-state index contributed by atoms with van der Waals surface area (Å²) >= 11 is 12.2. The standard InChI is InChI=1S/C20H20ClNO3.C19H18ClNO3.HI.Li.H2O/c1-20(2)11-13-9-8-12(19(24)25-3)10-15(13)17(20)22-18(23)14-6-4-5-7-16(14)21;1-19(2)10-12-8-7-11(18(23)24)9-14(12)16(19)21-17(22)13-5-3-4-6-15(13)20;;;/h4-10,17H,11H2,1-3H3,(H,22,23);3-9,16H,10H2,1-2H3,(H,21,22)(H,23,24);1H;;1H2/q;;;+1;/p-1. The maximum Gasteiger partial charge on any atom is 1.00 e. The second kappa shape index (κ2) is 18.1. The topological polar surface area (TPSA) is 152 Å². The van der Waals surface area contributed by atoms with Crippen LogP contribution < -0.4 is 29.5 Å². The van der Waals surface area contributed by atoms with Crippen LogP contribution in [-0.4, -0.2) is 41.4 Å².